The van der Waals surface area contributed by atoms with Gasteiger partial charge in [0.05, 0.1) is 11.6 Å². The van der Waals surface area contributed by atoms with Crippen molar-refractivity contribution >= 4 is 0 Å². The van der Waals surface area contributed by atoms with Gasteiger partial charge in [0.15, 0.2) is 0 Å². The van der Waals surface area contributed by atoms with Crippen LogP contribution in [0.2, 0.25) is 0 Å². The summed E-state index contributed by atoms with van der Waals surface area (Å²) in [6, 6.07) is 3.47. The fourth-order valence-electron chi connectivity index (χ4n) is 3.44. The molecule has 1 fully saturated rings. The molecule has 0 aliphatic heterocycles. The van der Waals surface area contributed by atoms with Gasteiger partial charge >= 0.3 is 0 Å². The summed E-state index contributed by atoms with van der Waals surface area (Å²) in [5.74, 6) is -1.10. The van der Waals surface area contributed by atoms with Crippen LogP contribution in [0.5, 0.6) is 0 Å². The predicted molar refractivity (Wildman–Crippen MR) is 80.1 cm³/mol. The molecular formula is C17H25F2NO. The molecule has 0 amide bonds. The van der Waals surface area contributed by atoms with E-state index in [9.17, 15) is 8.78 Å². The zero-order valence-corrected chi connectivity index (χ0v) is 13.3. The number of ether oxygens (including phenoxy) is 1. The molecule has 1 saturated carbocycles. The molecule has 2 nitrogen and oxygen atoms in total. The highest BCUT2D eigenvalue weighted by atomic mass is 19.1. The number of benzene rings is 1. The average Bonchev–Trinajstić information content (AvgIpc) is 2.41. The van der Waals surface area contributed by atoms with Crippen LogP contribution < -0.4 is 5.32 Å². The van der Waals surface area contributed by atoms with Gasteiger partial charge in [-0.05, 0) is 55.8 Å². The van der Waals surface area contributed by atoms with E-state index >= 15 is 0 Å². The van der Waals surface area contributed by atoms with E-state index in [0.717, 1.165) is 31.7 Å². The quantitative estimate of drug-likeness (QED) is 0.899. The Labute approximate surface area is 125 Å². The first-order chi connectivity index (χ1) is 9.82. The molecule has 1 atom stereocenters. The summed E-state index contributed by atoms with van der Waals surface area (Å²) in [4.78, 5) is 0. The van der Waals surface area contributed by atoms with Gasteiger partial charge in [0, 0.05) is 13.2 Å². The van der Waals surface area contributed by atoms with Crippen LogP contribution in [0, 0.1) is 17.0 Å². The summed E-state index contributed by atoms with van der Waals surface area (Å²) in [6.45, 7) is 4.51. The number of hydrogen-bond donors (Lipinski definition) is 1. The molecule has 1 aliphatic carbocycles. The third-order valence-corrected chi connectivity index (χ3v) is 4.89. The molecule has 21 heavy (non-hydrogen) atoms. The SMILES string of the molecule is CNC(c1cc(F)cc(F)c1)C1(OC)CCC(C)(C)CC1. The lowest BCUT2D eigenvalue weighted by molar-refractivity contribution is -0.0863. The zero-order chi connectivity index (χ0) is 15.7. The van der Waals surface area contributed by atoms with Gasteiger partial charge in [-0.15, -0.1) is 0 Å². The van der Waals surface area contributed by atoms with Crippen molar-refractivity contribution in [2.45, 2.75) is 51.2 Å². The van der Waals surface area contributed by atoms with Crippen molar-refractivity contribution in [2.75, 3.05) is 14.2 Å². The van der Waals surface area contributed by atoms with Crippen molar-refractivity contribution in [3.63, 3.8) is 0 Å². The van der Waals surface area contributed by atoms with Crippen molar-refractivity contribution in [2.24, 2.45) is 5.41 Å². The summed E-state index contributed by atoms with van der Waals surface area (Å²) < 4.78 is 32.9. The minimum atomic E-state index is -0.548. The lowest BCUT2D eigenvalue weighted by Crippen LogP contribution is -2.48. The van der Waals surface area contributed by atoms with Gasteiger partial charge in [0.1, 0.15) is 11.6 Å². The first-order valence-corrected chi connectivity index (χ1v) is 7.50. The van der Waals surface area contributed by atoms with Crippen LogP contribution in [-0.4, -0.2) is 19.8 Å². The van der Waals surface area contributed by atoms with Gasteiger partial charge in [0.2, 0.25) is 0 Å². The van der Waals surface area contributed by atoms with Gasteiger partial charge in [-0.25, -0.2) is 8.78 Å². The second kappa shape index (κ2) is 6.01. The largest absolute Gasteiger partial charge is 0.376 e. The van der Waals surface area contributed by atoms with Gasteiger partial charge in [0.25, 0.3) is 0 Å². The number of halogens is 2. The molecule has 0 aromatic heterocycles. The Morgan fingerprint density at radius 1 is 1.05 bits per heavy atom. The molecule has 1 unspecified atom stereocenters. The third kappa shape index (κ3) is 3.43. The molecule has 0 bridgehead atoms. The summed E-state index contributed by atoms with van der Waals surface area (Å²) in [5, 5.41) is 3.20. The van der Waals surface area contributed by atoms with Crippen LogP contribution in [0.1, 0.15) is 51.1 Å². The normalized spacial score (nSPS) is 22.0. The second-order valence-electron chi connectivity index (χ2n) is 6.86. The molecule has 2 rings (SSSR count). The second-order valence-corrected chi connectivity index (χ2v) is 6.86. The number of rotatable bonds is 4. The Bertz CT molecular complexity index is 471. The van der Waals surface area contributed by atoms with Crippen molar-refractivity contribution in [1.82, 2.24) is 5.32 Å². The highest BCUT2D eigenvalue weighted by molar-refractivity contribution is 5.25. The van der Waals surface area contributed by atoms with Gasteiger partial charge < -0.3 is 10.1 Å². The van der Waals surface area contributed by atoms with E-state index < -0.39 is 17.2 Å². The summed E-state index contributed by atoms with van der Waals surface area (Å²) in [7, 11) is 3.51. The fourth-order valence-corrected chi connectivity index (χ4v) is 3.44. The Morgan fingerprint density at radius 2 is 1.57 bits per heavy atom. The molecule has 1 aliphatic rings. The monoisotopic (exact) mass is 297 g/mol. The van der Waals surface area contributed by atoms with Gasteiger partial charge in [-0.2, -0.15) is 0 Å². The maximum atomic E-state index is 13.5. The van der Waals surface area contributed by atoms with Crippen molar-refractivity contribution in [3.8, 4) is 0 Å². The highest BCUT2D eigenvalue weighted by Crippen LogP contribution is 2.47. The van der Waals surface area contributed by atoms with Crippen molar-refractivity contribution in [3.05, 3.63) is 35.4 Å². The number of nitrogens with one attached hydrogen (secondary N) is 1. The van der Waals surface area contributed by atoms with Crippen LogP contribution >= 0.6 is 0 Å². The molecule has 0 spiro atoms. The topological polar surface area (TPSA) is 21.3 Å². The minimum absolute atomic E-state index is 0.219. The molecular weight excluding hydrogens is 272 g/mol. The van der Waals surface area contributed by atoms with Crippen LogP contribution in [0.3, 0.4) is 0 Å². The van der Waals surface area contributed by atoms with E-state index in [-0.39, 0.29) is 6.04 Å². The fraction of sp³-hybridized carbons (Fsp3) is 0.647. The van der Waals surface area contributed by atoms with E-state index in [4.69, 9.17) is 4.74 Å². The summed E-state index contributed by atoms with van der Waals surface area (Å²) >= 11 is 0. The van der Waals surface area contributed by atoms with Crippen LogP contribution in [-0.2, 0) is 4.74 Å². The highest BCUT2D eigenvalue weighted by Gasteiger charge is 2.44. The average molecular weight is 297 g/mol. The molecule has 4 heteroatoms. The summed E-state index contributed by atoms with van der Waals surface area (Å²) in [6.07, 6.45) is 3.83. The van der Waals surface area contributed by atoms with Gasteiger partial charge in [-0.3, -0.25) is 0 Å². The lowest BCUT2D eigenvalue weighted by atomic mass is 9.67. The van der Waals surface area contributed by atoms with E-state index in [1.807, 2.05) is 7.05 Å². The first kappa shape index (κ1) is 16.4. The number of likely N-dealkylation sites (N-methyl/N-ethyl adjacent to an activating group) is 1. The van der Waals surface area contributed by atoms with Crippen LogP contribution in [0.4, 0.5) is 8.78 Å². The third-order valence-electron chi connectivity index (χ3n) is 4.89. The smallest absolute Gasteiger partial charge is 0.126 e. The molecule has 118 valence electrons. The lowest BCUT2D eigenvalue weighted by Gasteiger charge is -2.47. The number of hydrogen-bond acceptors (Lipinski definition) is 2. The molecule has 1 N–H and O–H groups in total. The Hall–Kier alpha value is -1.00. The standard InChI is InChI=1S/C17H25F2NO/c1-16(2)5-7-17(21-4,8-6-16)15(20-3)12-9-13(18)11-14(19)10-12/h9-11,15,20H,5-8H2,1-4H3. The molecule has 0 saturated heterocycles. The summed E-state index contributed by atoms with van der Waals surface area (Å²) in [5.41, 5.74) is 0.495. The minimum Gasteiger partial charge on any atom is -0.376 e. The van der Waals surface area contributed by atoms with Crippen LogP contribution in [0.15, 0.2) is 18.2 Å². The Kier molecular flexibility index (Phi) is 4.69. The Morgan fingerprint density at radius 3 is 2.00 bits per heavy atom. The Balaban J connectivity index is 2.34. The predicted octanol–water partition coefficient (Wildman–Crippen LogP) is 4.21. The first-order valence-electron chi connectivity index (χ1n) is 7.50. The molecule has 0 heterocycles. The maximum Gasteiger partial charge on any atom is 0.126 e. The van der Waals surface area contributed by atoms with Gasteiger partial charge in [-0.1, -0.05) is 13.8 Å². The molecule has 1 aromatic carbocycles. The number of methoxy groups -OCH3 is 1. The molecule has 0 radical (unpaired) electrons. The zero-order valence-electron chi connectivity index (χ0n) is 13.3. The van der Waals surface area contributed by atoms with E-state index in [0.29, 0.717) is 11.0 Å². The van der Waals surface area contributed by atoms with E-state index in [1.54, 1.807) is 7.11 Å². The van der Waals surface area contributed by atoms with E-state index in [1.165, 1.54) is 12.1 Å². The van der Waals surface area contributed by atoms with Crippen molar-refractivity contribution < 1.29 is 13.5 Å². The molecule has 1 aromatic rings. The maximum absolute atomic E-state index is 13.5. The van der Waals surface area contributed by atoms with E-state index in [2.05, 4.69) is 19.2 Å². The van der Waals surface area contributed by atoms with Crippen LogP contribution in [0.25, 0.3) is 0 Å². The van der Waals surface area contributed by atoms with Crippen molar-refractivity contribution in [1.29, 1.82) is 0 Å².